The Morgan fingerprint density at radius 2 is 1.35 bits per heavy atom. The van der Waals surface area contributed by atoms with Gasteiger partial charge < -0.3 is 19.5 Å². The van der Waals surface area contributed by atoms with Crippen LogP contribution in [0.25, 0.3) is 16.6 Å². The fraction of sp³-hybridized carbons (Fsp3) is 0.209. The molecule has 5 aromatic carbocycles. The lowest BCUT2D eigenvalue weighted by atomic mass is 9.92. The van der Waals surface area contributed by atoms with Gasteiger partial charge in [-0.25, -0.2) is 0 Å². The van der Waals surface area contributed by atoms with Crippen molar-refractivity contribution in [3.05, 3.63) is 156 Å². The van der Waals surface area contributed by atoms with Gasteiger partial charge in [0.15, 0.2) is 0 Å². The van der Waals surface area contributed by atoms with Gasteiger partial charge in [0.05, 0.1) is 22.3 Å². The van der Waals surface area contributed by atoms with Crippen LogP contribution in [-0.4, -0.2) is 82.0 Å². The van der Waals surface area contributed by atoms with Crippen LogP contribution >= 0.6 is 0 Å². The third-order valence-electron chi connectivity index (χ3n) is 10.3. The monoisotopic (exact) mass is 675 g/mol. The molecule has 6 aromatic rings. The first-order chi connectivity index (χ1) is 24.9. The summed E-state index contributed by atoms with van der Waals surface area (Å²) < 4.78 is 1.99. The van der Waals surface area contributed by atoms with Gasteiger partial charge in [-0.1, -0.05) is 72.8 Å². The van der Waals surface area contributed by atoms with Crippen molar-refractivity contribution in [1.82, 2.24) is 19.3 Å². The number of hydrogen-bond acceptors (Lipinski definition) is 5. The summed E-state index contributed by atoms with van der Waals surface area (Å²) in [5, 5.41) is 10.8. The van der Waals surface area contributed by atoms with Crippen molar-refractivity contribution >= 4 is 34.1 Å². The lowest BCUT2D eigenvalue weighted by Gasteiger charge is -2.41. The number of carbonyl (C=O) groups excluding carboxylic acids is 2. The van der Waals surface area contributed by atoms with Crippen molar-refractivity contribution in [1.29, 1.82) is 0 Å². The number of fused-ring (bicyclic) bond motifs is 2. The molecule has 1 fully saturated rings. The van der Waals surface area contributed by atoms with Gasteiger partial charge in [-0.05, 0) is 79.2 Å². The van der Waals surface area contributed by atoms with Crippen molar-refractivity contribution in [2.75, 3.05) is 44.7 Å². The van der Waals surface area contributed by atoms with E-state index in [0.717, 1.165) is 55.7 Å². The van der Waals surface area contributed by atoms with Crippen molar-refractivity contribution < 1.29 is 14.7 Å². The van der Waals surface area contributed by atoms with Crippen LogP contribution in [0.3, 0.4) is 0 Å². The summed E-state index contributed by atoms with van der Waals surface area (Å²) in [6.45, 7) is 5.41. The standard InChI is InChI=1S/C43H41N5O3/c1-44-23-25-45(26-24-44)29-35-27-31-11-5-6-12-32(31)28-46(35)42(50)38-16-8-10-18-41(38)47-30-39(37-15-7-9-17-40(37)47)43(51)48(33-13-3-2-4-14-33)34-19-21-36(49)22-20-34/h2-22,30,35,49H,23-29H2,1H3/t35-/m0/s1. The maximum atomic E-state index is 14.9. The van der Waals surface area contributed by atoms with Crippen molar-refractivity contribution in [2.24, 2.45) is 0 Å². The Morgan fingerprint density at radius 1 is 0.706 bits per heavy atom. The molecule has 2 aliphatic heterocycles. The van der Waals surface area contributed by atoms with Gasteiger partial charge in [-0.3, -0.25) is 19.4 Å². The molecule has 1 atom stereocenters. The SMILES string of the molecule is CN1CCN(C[C@@H]2Cc3ccccc3CN2C(=O)c2ccccc2-n2cc(C(=O)N(c3ccccc3)c3ccc(O)cc3)c3ccccc32)CC1. The highest BCUT2D eigenvalue weighted by Crippen LogP contribution is 2.34. The number of para-hydroxylation sites is 3. The molecule has 2 amide bonds. The summed E-state index contributed by atoms with van der Waals surface area (Å²) in [7, 11) is 2.16. The Hall–Kier alpha value is -5.70. The molecule has 0 bridgehead atoms. The Morgan fingerprint density at radius 3 is 2.14 bits per heavy atom. The van der Waals surface area contributed by atoms with Gasteiger partial charge >= 0.3 is 0 Å². The zero-order chi connectivity index (χ0) is 34.9. The van der Waals surface area contributed by atoms with E-state index >= 15 is 0 Å². The Bertz CT molecular complexity index is 2190. The molecule has 0 radical (unpaired) electrons. The zero-order valence-corrected chi connectivity index (χ0v) is 28.7. The Labute approximate surface area is 298 Å². The van der Waals surface area contributed by atoms with E-state index in [1.165, 1.54) is 11.1 Å². The van der Waals surface area contributed by atoms with Crippen LogP contribution in [0.5, 0.6) is 5.75 Å². The second-order valence-electron chi connectivity index (χ2n) is 13.6. The average Bonchev–Trinajstić information content (AvgIpc) is 3.56. The van der Waals surface area contributed by atoms with Crippen LogP contribution in [0, 0.1) is 0 Å². The molecule has 0 aliphatic carbocycles. The first kappa shape index (κ1) is 32.5. The van der Waals surface area contributed by atoms with E-state index in [9.17, 15) is 14.7 Å². The number of carbonyl (C=O) groups is 2. The molecule has 0 saturated carbocycles. The molecule has 0 spiro atoms. The molecular weight excluding hydrogens is 635 g/mol. The molecule has 1 aromatic heterocycles. The summed E-state index contributed by atoms with van der Waals surface area (Å²) in [5.41, 5.74) is 6.50. The number of phenols is 1. The molecule has 8 heteroatoms. The minimum absolute atomic E-state index is 0.0140. The minimum atomic E-state index is -0.217. The molecule has 3 heterocycles. The predicted molar refractivity (Wildman–Crippen MR) is 202 cm³/mol. The number of rotatable bonds is 7. The quantitative estimate of drug-likeness (QED) is 0.195. The zero-order valence-electron chi connectivity index (χ0n) is 28.7. The van der Waals surface area contributed by atoms with Crippen LogP contribution in [0.2, 0.25) is 0 Å². The van der Waals surface area contributed by atoms with Crippen LogP contribution in [0.1, 0.15) is 31.8 Å². The fourth-order valence-electron chi connectivity index (χ4n) is 7.57. The topological polar surface area (TPSA) is 72.3 Å². The number of piperazine rings is 1. The number of anilines is 2. The molecule has 51 heavy (non-hydrogen) atoms. The van der Waals surface area contributed by atoms with Crippen molar-refractivity contribution in [3.63, 3.8) is 0 Å². The highest BCUT2D eigenvalue weighted by molar-refractivity contribution is 6.17. The number of likely N-dealkylation sites (N-methyl/N-ethyl adjacent to an activating group) is 1. The first-order valence-corrected chi connectivity index (χ1v) is 17.6. The van der Waals surface area contributed by atoms with Crippen LogP contribution in [-0.2, 0) is 13.0 Å². The van der Waals surface area contributed by atoms with Gasteiger partial charge in [0.1, 0.15) is 5.75 Å². The summed E-state index contributed by atoms with van der Waals surface area (Å²) in [6, 6.07) is 40.3. The molecule has 256 valence electrons. The normalized spacial score (nSPS) is 16.6. The van der Waals surface area contributed by atoms with Crippen molar-refractivity contribution in [2.45, 2.75) is 19.0 Å². The van der Waals surface area contributed by atoms with Gasteiger partial charge in [-0.2, -0.15) is 0 Å². The van der Waals surface area contributed by atoms with E-state index in [1.54, 1.807) is 29.2 Å². The molecular formula is C43H41N5O3. The second-order valence-corrected chi connectivity index (χ2v) is 13.6. The second kappa shape index (κ2) is 13.9. The number of amides is 2. The maximum Gasteiger partial charge on any atom is 0.265 e. The number of aromatic nitrogens is 1. The molecule has 8 nitrogen and oxygen atoms in total. The lowest BCUT2D eigenvalue weighted by molar-refractivity contribution is 0.0536. The average molecular weight is 676 g/mol. The van der Waals surface area contributed by atoms with Crippen LogP contribution in [0.4, 0.5) is 11.4 Å². The molecule has 2 aliphatic rings. The summed E-state index contributed by atoms with van der Waals surface area (Å²) in [5.74, 6) is -0.106. The summed E-state index contributed by atoms with van der Waals surface area (Å²) in [6.07, 6.45) is 2.68. The lowest BCUT2D eigenvalue weighted by Crippen LogP contribution is -2.53. The predicted octanol–water partition coefficient (Wildman–Crippen LogP) is 7.13. The van der Waals surface area contributed by atoms with Gasteiger partial charge in [0.2, 0.25) is 0 Å². The number of benzene rings is 5. The van der Waals surface area contributed by atoms with Gasteiger partial charge in [-0.15, -0.1) is 0 Å². The maximum absolute atomic E-state index is 14.9. The Kier molecular flexibility index (Phi) is 8.86. The molecule has 1 saturated heterocycles. The smallest absolute Gasteiger partial charge is 0.265 e. The number of aromatic hydroxyl groups is 1. The largest absolute Gasteiger partial charge is 0.508 e. The van der Waals surface area contributed by atoms with E-state index in [0.29, 0.717) is 29.0 Å². The third kappa shape index (κ3) is 6.40. The number of phenolic OH excluding ortho intramolecular Hbond substituents is 1. The molecule has 1 N–H and O–H groups in total. The Balaban J connectivity index is 1.19. The van der Waals surface area contributed by atoms with E-state index in [-0.39, 0.29) is 23.6 Å². The fourth-order valence-corrected chi connectivity index (χ4v) is 7.57. The highest BCUT2D eigenvalue weighted by Gasteiger charge is 2.34. The molecule has 0 unspecified atom stereocenters. The van der Waals surface area contributed by atoms with E-state index < -0.39 is 0 Å². The number of hydrogen-bond donors (Lipinski definition) is 1. The van der Waals surface area contributed by atoms with Gasteiger partial charge in [0.25, 0.3) is 11.8 Å². The third-order valence-corrected chi connectivity index (χ3v) is 10.3. The first-order valence-electron chi connectivity index (χ1n) is 17.6. The van der Waals surface area contributed by atoms with Crippen molar-refractivity contribution in [3.8, 4) is 11.4 Å². The number of nitrogens with zero attached hydrogens (tertiary/aromatic N) is 5. The summed E-state index contributed by atoms with van der Waals surface area (Å²) >= 11 is 0. The van der Waals surface area contributed by atoms with Gasteiger partial charge in [0, 0.05) is 68.3 Å². The highest BCUT2D eigenvalue weighted by atomic mass is 16.3. The van der Waals surface area contributed by atoms with Crippen LogP contribution < -0.4 is 4.90 Å². The summed E-state index contributed by atoms with van der Waals surface area (Å²) in [4.78, 5) is 38.2. The minimum Gasteiger partial charge on any atom is -0.508 e. The van der Waals surface area contributed by atoms with E-state index in [4.69, 9.17) is 0 Å². The van der Waals surface area contributed by atoms with Crippen LogP contribution in [0.15, 0.2) is 134 Å². The van der Waals surface area contributed by atoms with E-state index in [1.807, 2.05) is 89.6 Å². The van der Waals surface area contributed by atoms with E-state index in [2.05, 4.69) is 46.0 Å². The molecule has 8 rings (SSSR count).